The Morgan fingerprint density at radius 1 is 1.32 bits per heavy atom. The highest BCUT2D eigenvalue weighted by Crippen LogP contribution is 2.16. The molecule has 25 heavy (non-hydrogen) atoms. The molecule has 3 rings (SSSR count). The summed E-state index contributed by atoms with van der Waals surface area (Å²) in [4.78, 5) is 25.7. The molecule has 0 spiro atoms. The minimum absolute atomic E-state index is 0.0539. The summed E-state index contributed by atoms with van der Waals surface area (Å²) in [6.45, 7) is 6.87. The Labute approximate surface area is 152 Å². The van der Waals surface area contributed by atoms with Gasteiger partial charge in [0.05, 0.1) is 6.04 Å². The maximum Gasteiger partial charge on any atom is 0.243 e. The van der Waals surface area contributed by atoms with E-state index in [-0.39, 0.29) is 11.9 Å². The van der Waals surface area contributed by atoms with E-state index in [1.54, 1.807) is 12.4 Å². The van der Waals surface area contributed by atoms with Gasteiger partial charge in [0.25, 0.3) is 0 Å². The lowest BCUT2D eigenvalue weighted by Crippen LogP contribution is -2.45. The van der Waals surface area contributed by atoms with Crippen LogP contribution in [0.2, 0.25) is 0 Å². The molecule has 1 saturated heterocycles. The molecule has 1 aliphatic heterocycles. The molecule has 2 aromatic rings. The number of aromatic nitrogens is 2. The molecule has 2 aromatic heterocycles. The molecule has 1 atom stereocenters. The fraction of sp³-hybridized carbons (Fsp3) is 0.500. The van der Waals surface area contributed by atoms with E-state index >= 15 is 0 Å². The first-order valence-corrected chi connectivity index (χ1v) is 9.70. The van der Waals surface area contributed by atoms with Gasteiger partial charge in [-0.15, -0.1) is 11.3 Å². The topological polar surface area (TPSA) is 61.4 Å². The van der Waals surface area contributed by atoms with E-state index in [2.05, 4.69) is 38.1 Å². The average Bonchev–Trinajstić information content (AvgIpc) is 3.03. The molecule has 6 nitrogen and oxygen atoms in total. The van der Waals surface area contributed by atoms with Gasteiger partial charge in [-0.1, -0.05) is 13.0 Å². The summed E-state index contributed by atoms with van der Waals surface area (Å²) >= 11 is 1.46. The first kappa shape index (κ1) is 18.0. The highest BCUT2D eigenvalue weighted by molar-refractivity contribution is 7.13. The van der Waals surface area contributed by atoms with Crippen LogP contribution in [-0.2, 0) is 11.3 Å². The van der Waals surface area contributed by atoms with Crippen LogP contribution in [0.25, 0.3) is 0 Å². The van der Waals surface area contributed by atoms with Crippen LogP contribution in [0.5, 0.6) is 0 Å². The molecule has 134 valence electrons. The summed E-state index contributed by atoms with van der Waals surface area (Å²) in [5.41, 5.74) is 1.24. The van der Waals surface area contributed by atoms with E-state index in [0.29, 0.717) is 5.13 Å². The summed E-state index contributed by atoms with van der Waals surface area (Å²) in [5.74, 6) is 0.0539. The fourth-order valence-electron chi connectivity index (χ4n) is 3.29. The van der Waals surface area contributed by atoms with Crippen LogP contribution in [0.1, 0.15) is 25.3 Å². The second-order valence-corrected chi connectivity index (χ2v) is 7.17. The van der Waals surface area contributed by atoms with Crippen LogP contribution in [0.3, 0.4) is 0 Å². The Bertz CT molecular complexity index is 649. The van der Waals surface area contributed by atoms with Gasteiger partial charge in [0.1, 0.15) is 0 Å². The summed E-state index contributed by atoms with van der Waals surface area (Å²) < 4.78 is 0. The summed E-state index contributed by atoms with van der Waals surface area (Å²) in [6.07, 6.45) is 7.32. The van der Waals surface area contributed by atoms with Crippen LogP contribution >= 0.6 is 11.3 Å². The van der Waals surface area contributed by atoms with Crippen molar-refractivity contribution in [3.63, 3.8) is 0 Å². The van der Waals surface area contributed by atoms with Gasteiger partial charge in [-0.2, -0.15) is 0 Å². The van der Waals surface area contributed by atoms with E-state index < -0.39 is 0 Å². The van der Waals surface area contributed by atoms with Crippen molar-refractivity contribution in [2.45, 2.75) is 32.4 Å². The zero-order chi connectivity index (χ0) is 17.5. The molecule has 1 amide bonds. The molecule has 0 radical (unpaired) electrons. The van der Waals surface area contributed by atoms with E-state index in [4.69, 9.17) is 0 Å². The first-order valence-electron chi connectivity index (χ1n) is 8.82. The zero-order valence-electron chi connectivity index (χ0n) is 14.6. The number of hydrogen-bond acceptors (Lipinski definition) is 6. The van der Waals surface area contributed by atoms with Gasteiger partial charge < -0.3 is 5.32 Å². The molecule has 0 aliphatic carbocycles. The highest BCUT2D eigenvalue weighted by Gasteiger charge is 2.26. The average molecular weight is 359 g/mol. The number of carbonyl (C=O) groups is 1. The minimum Gasteiger partial charge on any atom is -0.301 e. The van der Waals surface area contributed by atoms with Crippen molar-refractivity contribution in [3.8, 4) is 0 Å². The number of pyridine rings is 1. The van der Waals surface area contributed by atoms with Crippen LogP contribution in [0, 0.1) is 0 Å². The molecule has 1 N–H and O–H groups in total. The van der Waals surface area contributed by atoms with Gasteiger partial charge >= 0.3 is 0 Å². The van der Waals surface area contributed by atoms with Crippen LogP contribution in [-0.4, -0.2) is 57.9 Å². The maximum absolute atomic E-state index is 12.6. The Hall–Kier alpha value is -1.83. The minimum atomic E-state index is -0.0951. The number of hydrogen-bond donors (Lipinski definition) is 1. The van der Waals surface area contributed by atoms with E-state index in [1.165, 1.54) is 16.9 Å². The monoisotopic (exact) mass is 359 g/mol. The van der Waals surface area contributed by atoms with Crippen LogP contribution in [0.4, 0.5) is 5.13 Å². The normalized spacial score (nSPS) is 17.8. The molecule has 1 fully saturated rings. The fourth-order valence-corrected chi connectivity index (χ4v) is 3.83. The summed E-state index contributed by atoms with van der Waals surface area (Å²) in [6, 6.07) is 4.00. The van der Waals surface area contributed by atoms with Gasteiger partial charge in [0.15, 0.2) is 5.13 Å². The van der Waals surface area contributed by atoms with Gasteiger partial charge in [-0.3, -0.25) is 19.6 Å². The predicted octanol–water partition coefficient (Wildman–Crippen LogP) is 2.46. The second-order valence-electron chi connectivity index (χ2n) is 6.28. The lowest BCUT2D eigenvalue weighted by atomic mass is 10.1. The SMILES string of the molecule is CCC(C(=O)Nc1nccs1)N1CCCN(Cc2cccnc2)CC1. The zero-order valence-corrected chi connectivity index (χ0v) is 15.4. The molecule has 0 aromatic carbocycles. The molecule has 0 saturated carbocycles. The van der Waals surface area contributed by atoms with Gasteiger partial charge in [-0.05, 0) is 31.0 Å². The summed E-state index contributed by atoms with van der Waals surface area (Å²) in [5, 5.41) is 5.50. The number of nitrogens with one attached hydrogen (secondary N) is 1. The molecule has 1 aliphatic rings. The van der Waals surface area contributed by atoms with Gasteiger partial charge in [0, 0.05) is 50.1 Å². The standard InChI is InChI=1S/C18H25N5OS/c1-2-16(17(24)21-18-20-7-12-25-18)23-9-4-8-22(10-11-23)14-15-5-3-6-19-13-15/h3,5-7,12-13,16H,2,4,8-11,14H2,1H3,(H,20,21,24). The van der Waals surface area contributed by atoms with Crippen molar-refractivity contribution >= 4 is 22.4 Å². The quantitative estimate of drug-likeness (QED) is 0.858. The molecule has 1 unspecified atom stereocenters. The van der Waals surface area contributed by atoms with Crippen molar-refractivity contribution in [3.05, 3.63) is 41.7 Å². The van der Waals surface area contributed by atoms with Gasteiger partial charge in [0.2, 0.25) is 5.91 Å². The Kier molecular flexibility index (Phi) is 6.49. The third kappa shape index (κ3) is 5.07. The van der Waals surface area contributed by atoms with Crippen molar-refractivity contribution < 1.29 is 4.79 Å². The number of carbonyl (C=O) groups excluding carboxylic acids is 1. The number of amides is 1. The van der Waals surface area contributed by atoms with E-state index in [0.717, 1.165) is 45.6 Å². The Morgan fingerprint density at radius 2 is 2.24 bits per heavy atom. The maximum atomic E-state index is 12.6. The Morgan fingerprint density at radius 3 is 2.96 bits per heavy atom. The van der Waals surface area contributed by atoms with E-state index in [1.807, 2.05) is 17.6 Å². The van der Waals surface area contributed by atoms with Crippen molar-refractivity contribution in [1.82, 2.24) is 19.8 Å². The lowest BCUT2D eigenvalue weighted by Gasteiger charge is -2.28. The van der Waals surface area contributed by atoms with Crippen molar-refractivity contribution in [2.24, 2.45) is 0 Å². The second kappa shape index (κ2) is 9.03. The molecule has 3 heterocycles. The molecular weight excluding hydrogens is 334 g/mol. The summed E-state index contributed by atoms with van der Waals surface area (Å²) in [7, 11) is 0. The number of nitrogens with zero attached hydrogens (tertiary/aromatic N) is 4. The highest BCUT2D eigenvalue weighted by atomic mass is 32.1. The van der Waals surface area contributed by atoms with Crippen molar-refractivity contribution in [2.75, 3.05) is 31.5 Å². The predicted molar refractivity (Wildman–Crippen MR) is 101 cm³/mol. The smallest absolute Gasteiger partial charge is 0.243 e. The molecular formula is C18H25N5OS. The molecule has 0 bridgehead atoms. The van der Waals surface area contributed by atoms with Crippen LogP contribution < -0.4 is 5.32 Å². The number of rotatable bonds is 6. The number of anilines is 1. The first-order chi connectivity index (χ1) is 12.3. The Balaban J connectivity index is 1.56. The van der Waals surface area contributed by atoms with Gasteiger partial charge in [-0.25, -0.2) is 4.98 Å². The van der Waals surface area contributed by atoms with E-state index in [9.17, 15) is 4.79 Å². The lowest BCUT2D eigenvalue weighted by molar-refractivity contribution is -0.121. The third-order valence-electron chi connectivity index (χ3n) is 4.54. The number of thiazole rings is 1. The largest absolute Gasteiger partial charge is 0.301 e. The third-order valence-corrected chi connectivity index (χ3v) is 5.23. The van der Waals surface area contributed by atoms with Crippen molar-refractivity contribution in [1.29, 1.82) is 0 Å². The van der Waals surface area contributed by atoms with Crippen LogP contribution in [0.15, 0.2) is 36.1 Å². The molecule has 7 heteroatoms.